The monoisotopic (exact) mass is 424 g/mol. The van der Waals surface area contributed by atoms with E-state index in [1.54, 1.807) is 13.2 Å². The number of rotatable bonds is 7. The normalized spacial score (nSPS) is 12.0. The van der Waals surface area contributed by atoms with Crippen molar-refractivity contribution >= 4 is 29.9 Å². The van der Waals surface area contributed by atoms with Gasteiger partial charge in [-0.25, -0.2) is 4.98 Å². The predicted octanol–water partition coefficient (Wildman–Crippen LogP) is 2.68. The van der Waals surface area contributed by atoms with Gasteiger partial charge in [-0.2, -0.15) is 0 Å². The number of aromatic nitrogens is 1. The summed E-state index contributed by atoms with van der Waals surface area (Å²) in [5.74, 6) is 2.29. The summed E-state index contributed by atoms with van der Waals surface area (Å²) in [6, 6.07) is 0. The minimum atomic E-state index is -0.0234. The van der Waals surface area contributed by atoms with Crippen LogP contribution >= 0.6 is 24.0 Å². The average Bonchev–Trinajstić information content (AvgIpc) is 2.91. The van der Waals surface area contributed by atoms with Crippen molar-refractivity contribution in [3.05, 3.63) is 17.8 Å². The van der Waals surface area contributed by atoms with E-state index < -0.39 is 0 Å². The Hall–Kier alpha value is -0.830. The third-order valence-corrected chi connectivity index (χ3v) is 2.89. The van der Waals surface area contributed by atoms with Crippen LogP contribution in [0.25, 0.3) is 0 Å². The van der Waals surface area contributed by atoms with Crippen molar-refractivity contribution in [3.8, 4) is 0 Å². The molecule has 0 atom stereocenters. The lowest BCUT2D eigenvalue weighted by Gasteiger charge is -2.13. The molecule has 0 amide bonds. The van der Waals surface area contributed by atoms with Gasteiger partial charge < -0.3 is 19.8 Å². The molecular weight excluding hydrogens is 395 g/mol. The van der Waals surface area contributed by atoms with Crippen molar-refractivity contribution in [1.29, 1.82) is 0 Å². The Kier molecular flexibility index (Phi) is 10.4. The van der Waals surface area contributed by atoms with E-state index >= 15 is 0 Å². The van der Waals surface area contributed by atoms with Gasteiger partial charge in [0.2, 0.25) is 5.89 Å². The standard InChI is InChI=1S/C15H28N4O2.HI/c1-6-20-9-7-8-17-14(16-5)19-11-13-18-10-12(21-13)15(2,3)4;/h10H,6-9,11H2,1-5H3,(H2,16,17,19);1H. The third-order valence-electron chi connectivity index (χ3n) is 2.89. The number of hydrogen-bond acceptors (Lipinski definition) is 4. The van der Waals surface area contributed by atoms with Crippen molar-refractivity contribution in [2.45, 2.75) is 46.1 Å². The van der Waals surface area contributed by atoms with E-state index in [-0.39, 0.29) is 29.4 Å². The molecule has 0 fully saturated rings. The molecule has 0 bridgehead atoms. The van der Waals surface area contributed by atoms with Crippen LogP contribution in [0.4, 0.5) is 0 Å². The summed E-state index contributed by atoms with van der Waals surface area (Å²) in [5, 5.41) is 6.41. The summed E-state index contributed by atoms with van der Waals surface area (Å²) in [7, 11) is 1.74. The molecule has 0 saturated carbocycles. The van der Waals surface area contributed by atoms with Gasteiger partial charge in [0.05, 0.1) is 12.7 Å². The average molecular weight is 424 g/mol. The molecular formula is C15H29IN4O2. The fraction of sp³-hybridized carbons (Fsp3) is 0.733. The van der Waals surface area contributed by atoms with Crippen molar-refractivity contribution in [2.24, 2.45) is 4.99 Å². The van der Waals surface area contributed by atoms with Crippen LogP contribution in [-0.4, -0.2) is 37.7 Å². The number of aliphatic imine (C=N–C) groups is 1. The van der Waals surface area contributed by atoms with Crippen LogP contribution in [0.3, 0.4) is 0 Å². The third kappa shape index (κ3) is 7.98. The van der Waals surface area contributed by atoms with Crippen molar-refractivity contribution in [2.75, 3.05) is 26.8 Å². The lowest BCUT2D eigenvalue weighted by atomic mass is 9.94. The zero-order valence-electron chi connectivity index (χ0n) is 14.2. The first-order chi connectivity index (χ1) is 9.97. The van der Waals surface area contributed by atoms with E-state index in [1.165, 1.54) is 0 Å². The number of guanidine groups is 1. The van der Waals surface area contributed by atoms with E-state index in [0.717, 1.165) is 37.9 Å². The molecule has 0 spiro atoms. The van der Waals surface area contributed by atoms with Crippen LogP contribution in [0.15, 0.2) is 15.6 Å². The van der Waals surface area contributed by atoms with E-state index in [0.29, 0.717) is 12.4 Å². The highest BCUT2D eigenvalue weighted by Crippen LogP contribution is 2.22. The minimum absolute atomic E-state index is 0. The molecule has 0 saturated heterocycles. The van der Waals surface area contributed by atoms with Crippen LogP contribution in [0.5, 0.6) is 0 Å². The molecule has 0 unspecified atom stereocenters. The predicted molar refractivity (Wildman–Crippen MR) is 99.9 cm³/mol. The van der Waals surface area contributed by atoms with Crippen LogP contribution < -0.4 is 10.6 Å². The number of oxazole rings is 1. The number of nitrogens with one attached hydrogen (secondary N) is 2. The Labute approximate surface area is 150 Å². The second-order valence-electron chi connectivity index (χ2n) is 5.77. The molecule has 6 nitrogen and oxygen atoms in total. The summed E-state index contributed by atoms with van der Waals surface area (Å²) >= 11 is 0. The van der Waals surface area contributed by atoms with Crippen molar-refractivity contribution in [1.82, 2.24) is 15.6 Å². The summed E-state index contributed by atoms with van der Waals surface area (Å²) in [6.45, 7) is 11.1. The van der Waals surface area contributed by atoms with Gasteiger partial charge in [0, 0.05) is 32.2 Å². The molecule has 22 heavy (non-hydrogen) atoms. The number of halogens is 1. The van der Waals surface area contributed by atoms with Crippen LogP contribution in [0.1, 0.15) is 45.8 Å². The maximum Gasteiger partial charge on any atom is 0.213 e. The Bertz CT molecular complexity index is 441. The highest BCUT2D eigenvalue weighted by Gasteiger charge is 2.19. The van der Waals surface area contributed by atoms with Gasteiger partial charge in [0.25, 0.3) is 0 Å². The number of ether oxygens (including phenoxy) is 1. The maximum absolute atomic E-state index is 5.72. The van der Waals surface area contributed by atoms with Crippen molar-refractivity contribution < 1.29 is 9.15 Å². The van der Waals surface area contributed by atoms with E-state index in [4.69, 9.17) is 9.15 Å². The lowest BCUT2D eigenvalue weighted by molar-refractivity contribution is 0.145. The molecule has 0 aliphatic heterocycles. The fourth-order valence-electron chi connectivity index (χ4n) is 1.64. The van der Waals surface area contributed by atoms with E-state index in [9.17, 15) is 0 Å². The topological polar surface area (TPSA) is 71.7 Å². The molecule has 0 aromatic carbocycles. The molecule has 7 heteroatoms. The Balaban J connectivity index is 0.00000441. The van der Waals surface area contributed by atoms with Gasteiger partial charge in [0.1, 0.15) is 5.76 Å². The first kappa shape index (κ1) is 21.2. The van der Waals surface area contributed by atoms with E-state index in [2.05, 4.69) is 41.4 Å². The maximum atomic E-state index is 5.72. The Morgan fingerprint density at radius 1 is 1.36 bits per heavy atom. The summed E-state index contributed by atoms with van der Waals surface area (Å²) in [5.41, 5.74) is -0.0234. The summed E-state index contributed by atoms with van der Waals surface area (Å²) in [4.78, 5) is 8.44. The van der Waals surface area contributed by atoms with Gasteiger partial charge in [0.15, 0.2) is 5.96 Å². The van der Waals surface area contributed by atoms with Gasteiger partial charge >= 0.3 is 0 Å². The zero-order valence-corrected chi connectivity index (χ0v) is 16.6. The van der Waals surface area contributed by atoms with Gasteiger partial charge in [-0.05, 0) is 13.3 Å². The smallest absolute Gasteiger partial charge is 0.213 e. The second kappa shape index (κ2) is 10.8. The van der Waals surface area contributed by atoms with Gasteiger partial charge in [-0.15, -0.1) is 24.0 Å². The molecule has 1 heterocycles. The first-order valence-corrected chi connectivity index (χ1v) is 7.44. The molecule has 2 N–H and O–H groups in total. The molecule has 1 aromatic rings. The second-order valence-corrected chi connectivity index (χ2v) is 5.77. The van der Waals surface area contributed by atoms with Crippen molar-refractivity contribution in [3.63, 3.8) is 0 Å². The van der Waals surface area contributed by atoms with E-state index in [1.807, 2.05) is 6.92 Å². The minimum Gasteiger partial charge on any atom is -0.443 e. The molecule has 128 valence electrons. The Morgan fingerprint density at radius 3 is 2.64 bits per heavy atom. The lowest BCUT2D eigenvalue weighted by Crippen LogP contribution is -2.37. The van der Waals surface area contributed by atoms with Crippen LogP contribution in [0.2, 0.25) is 0 Å². The number of nitrogens with zero attached hydrogens (tertiary/aromatic N) is 2. The summed E-state index contributed by atoms with van der Waals surface area (Å²) < 4.78 is 11.0. The van der Waals surface area contributed by atoms with Gasteiger partial charge in [-0.3, -0.25) is 4.99 Å². The molecule has 0 aliphatic carbocycles. The quantitative estimate of drug-likeness (QED) is 0.305. The summed E-state index contributed by atoms with van der Waals surface area (Å²) in [6.07, 6.45) is 2.73. The molecule has 1 rings (SSSR count). The zero-order chi connectivity index (χ0) is 15.7. The molecule has 1 aromatic heterocycles. The van der Waals surface area contributed by atoms with Crippen LogP contribution in [-0.2, 0) is 16.7 Å². The molecule has 0 aliphatic rings. The van der Waals surface area contributed by atoms with Gasteiger partial charge in [-0.1, -0.05) is 20.8 Å². The highest BCUT2D eigenvalue weighted by atomic mass is 127. The fourth-order valence-corrected chi connectivity index (χ4v) is 1.64. The highest BCUT2D eigenvalue weighted by molar-refractivity contribution is 14.0. The number of hydrogen-bond donors (Lipinski definition) is 2. The largest absolute Gasteiger partial charge is 0.443 e. The SMILES string of the molecule is CCOCCCNC(=NC)NCc1ncc(C(C)(C)C)o1.I. The van der Waals surface area contributed by atoms with Crippen LogP contribution in [0, 0.1) is 0 Å². The Morgan fingerprint density at radius 2 is 2.09 bits per heavy atom. The molecule has 0 radical (unpaired) electrons. The first-order valence-electron chi connectivity index (χ1n) is 7.44.